The molecule has 0 bridgehead atoms. The molecule has 0 saturated carbocycles. The lowest BCUT2D eigenvalue weighted by atomic mass is 10.1. The number of nitrogens with zero attached hydrogens (tertiary/aromatic N) is 2. The van der Waals surface area contributed by atoms with Crippen LogP contribution in [0.15, 0.2) is 0 Å². The molecule has 0 radical (unpaired) electrons. The summed E-state index contributed by atoms with van der Waals surface area (Å²) < 4.78 is 37.0. The molecule has 2 aliphatic rings. The van der Waals surface area contributed by atoms with Crippen molar-refractivity contribution in [2.75, 3.05) is 26.2 Å². The van der Waals surface area contributed by atoms with Gasteiger partial charge >= 0.3 is 6.18 Å². The number of halogens is 4. The third-order valence-corrected chi connectivity index (χ3v) is 3.87. The van der Waals surface area contributed by atoms with E-state index in [1.165, 1.54) is 0 Å². The molecular weight excluding hydrogens is 311 g/mol. The third kappa shape index (κ3) is 4.23. The predicted octanol–water partition coefficient (Wildman–Crippen LogP) is 0.769. The second-order valence-electron chi connectivity index (χ2n) is 5.35. The van der Waals surface area contributed by atoms with Gasteiger partial charge < -0.3 is 15.5 Å². The molecule has 0 aromatic rings. The second-order valence-corrected chi connectivity index (χ2v) is 5.35. The van der Waals surface area contributed by atoms with E-state index in [1.807, 2.05) is 0 Å². The van der Waals surface area contributed by atoms with E-state index in [0.717, 1.165) is 17.7 Å². The van der Waals surface area contributed by atoms with Crippen LogP contribution >= 0.6 is 12.4 Å². The summed E-state index contributed by atoms with van der Waals surface area (Å²) >= 11 is 0. The van der Waals surface area contributed by atoms with Crippen molar-refractivity contribution in [1.29, 1.82) is 0 Å². The van der Waals surface area contributed by atoms with Gasteiger partial charge in [0, 0.05) is 32.1 Å². The molecule has 0 aromatic carbocycles. The molecular formula is C12H19ClF3N3O2. The normalized spacial score (nSPS) is 26.2. The van der Waals surface area contributed by atoms with Crippen molar-refractivity contribution in [2.24, 2.45) is 11.7 Å². The van der Waals surface area contributed by atoms with Gasteiger partial charge in [-0.2, -0.15) is 13.2 Å². The highest BCUT2D eigenvalue weighted by molar-refractivity contribution is 5.89. The van der Waals surface area contributed by atoms with Gasteiger partial charge in [-0.05, 0) is 12.8 Å². The van der Waals surface area contributed by atoms with E-state index in [2.05, 4.69) is 0 Å². The number of hydrogen-bond acceptors (Lipinski definition) is 3. The summed E-state index contributed by atoms with van der Waals surface area (Å²) in [5, 5.41) is 0. The van der Waals surface area contributed by atoms with Crippen LogP contribution in [0.2, 0.25) is 0 Å². The molecule has 2 amide bonds. The summed E-state index contributed by atoms with van der Waals surface area (Å²) in [7, 11) is 0. The number of amides is 2. The largest absolute Gasteiger partial charge is 0.406 e. The highest BCUT2D eigenvalue weighted by Crippen LogP contribution is 2.27. The molecule has 0 spiro atoms. The lowest BCUT2D eigenvalue weighted by Gasteiger charge is -2.26. The third-order valence-electron chi connectivity index (χ3n) is 3.87. The van der Waals surface area contributed by atoms with Crippen LogP contribution in [0, 0.1) is 5.92 Å². The molecule has 2 fully saturated rings. The fraction of sp³-hybridized carbons (Fsp3) is 0.833. The molecule has 122 valence electrons. The summed E-state index contributed by atoms with van der Waals surface area (Å²) in [5.74, 6) is -1.52. The first-order valence-corrected chi connectivity index (χ1v) is 6.67. The van der Waals surface area contributed by atoms with E-state index in [0.29, 0.717) is 13.1 Å². The SMILES string of the molecule is Cl.NCC1CCCN1C(=O)C1CC(=O)N(CC(F)(F)F)C1. The van der Waals surface area contributed by atoms with Gasteiger partial charge in [0.2, 0.25) is 11.8 Å². The minimum absolute atomic E-state index is 0. The summed E-state index contributed by atoms with van der Waals surface area (Å²) in [6.07, 6.45) is -2.90. The molecule has 2 heterocycles. The Hall–Kier alpha value is -1.02. The highest BCUT2D eigenvalue weighted by Gasteiger charge is 2.43. The number of nitrogens with two attached hydrogens (primary N) is 1. The zero-order chi connectivity index (χ0) is 14.9. The van der Waals surface area contributed by atoms with Crippen LogP contribution in [0.25, 0.3) is 0 Å². The first-order valence-electron chi connectivity index (χ1n) is 6.67. The molecule has 9 heteroatoms. The Bertz CT molecular complexity index is 406. The van der Waals surface area contributed by atoms with Gasteiger partial charge in [-0.3, -0.25) is 9.59 Å². The zero-order valence-electron chi connectivity index (χ0n) is 11.4. The lowest BCUT2D eigenvalue weighted by molar-refractivity contribution is -0.157. The van der Waals surface area contributed by atoms with Crippen molar-refractivity contribution in [3.05, 3.63) is 0 Å². The van der Waals surface area contributed by atoms with Gasteiger partial charge in [0.25, 0.3) is 0 Å². The Morgan fingerprint density at radius 3 is 2.62 bits per heavy atom. The van der Waals surface area contributed by atoms with Crippen LogP contribution in [0.4, 0.5) is 13.2 Å². The molecule has 2 N–H and O–H groups in total. The molecule has 2 rings (SSSR count). The van der Waals surface area contributed by atoms with Crippen LogP contribution in [-0.4, -0.2) is 60.0 Å². The number of likely N-dealkylation sites (tertiary alicyclic amines) is 2. The number of carbonyl (C=O) groups excluding carboxylic acids is 2. The van der Waals surface area contributed by atoms with Crippen LogP contribution < -0.4 is 5.73 Å². The van der Waals surface area contributed by atoms with Crippen molar-refractivity contribution in [3.8, 4) is 0 Å². The Morgan fingerprint density at radius 2 is 2.05 bits per heavy atom. The van der Waals surface area contributed by atoms with Crippen LogP contribution in [0.5, 0.6) is 0 Å². The molecule has 2 saturated heterocycles. The number of alkyl halides is 3. The fourth-order valence-corrected chi connectivity index (χ4v) is 2.91. The van der Waals surface area contributed by atoms with Gasteiger partial charge in [-0.15, -0.1) is 12.4 Å². The summed E-state index contributed by atoms with van der Waals surface area (Å²) in [5.41, 5.74) is 5.58. The average molecular weight is 330 g/mol. The topological polar surface area (TPSA) is 66.6 Å². The molecule has 2 aliphatic heterocycles. The van der Waals surface area contributed by atoms with Crippen molar-refractivity contribution < 1.29 is 22.8 Å². The maximum atomic E-state index is 12.3. The number of carbonyl (C=O) groups is 2. The van der Waals surface area contributed by atoms with Crippen LogP contribution in [0.3, 0.4) is 0 Å². The van der Waals surface area contributed by atoms with Crippen molar-refractivity contribution in [3.63, 3.8) is 0 Å². The maximum Gasteiger partial charge on any atom is 0.406 e. The van der Waals surface area contributed by atoms with Crippen molar-refractivity contribution in [1.82, 2.24) is 9.80 Å². The molecule has 2 atom stereocenters. The minimum atomic E-state index is -4.43. The average Bonchev–Trinajstić information content (AvgIpc) is 2.94. The summed E-state index contributed by atoms with van der Waals surface area (Å²) in [6.45, 7) is -0.510. The van der Waals surface area contributed by atoms with Crippen molar-refractivity contribution in [2.45, 2.75) is 31.5 Å². The fourth-order valence-electron chi connectivity index (χ4n) is 2.91. The molecule has 0 aliphatic carbocycles. The molecule has 21 heavy (non-hydrogen) atoms. The predicted molar refractivity (Wildman–Crippen MR) is 71.8 cm³/mol. The quantitative estimate of drug-likeness (QED) is 0.831. The highest BCUT2D eigenvalue weighted by atomic mass is 35.5. The van der Waals surface area contributed by atoms with E-state index in [4.69, 9.17) is 5.73 Å². The van der Waals surface area contributed by atoms with E-state index in [1.54, 1.807) is 4.90 Å². The lowest BCUT2D eigenvalue weighted by Crippen LogP contribution is -2.44. The molecule has 2 unspecified atom stereocenters. The summed E-state index contributed by atoms with van der Waals surface area (Å²) in [4.78, 5) is 26.2. The number of rotatable bonds is 3. The van der Waals surface area contributed by atoms with Gasteiger partial charge in [0.15, 0.2) is 0 Å². The Kier molecular flexibility index (Phi) is 5.86. The maximum absolute atomic E-state index is 12.3. The van der Waals surface area contributed by atoms with Crippen LogP contribution in [-0.2, 0) is 9.59 Å². The van der Waals surface area contributed by atoms with Crippen LogP contribution in [0.1, 0.15) is 19.3 Å². The van der Waals surface area contributed by atoms with Gasteiger partial charge in [-0.25, -0.2) is 0 Å². The first-order chi connectivity index (χ1) is 9.31. The van der Waals surface area contributed by atoms with E-state index in [9.17, 15) is 22.8 Å². The minimum Gasteiger partial charge on any atom is -0.338 e. The molecule has 5 nitrogen and oxygen atoms in total. The summed E-state index contributed by atoms with van der Waals surface area (Å²) in [6, 6.07) is -0.0470. The smallest absolute Gasteiger partial charge is 0.338 e. The van der Waals surface area contributed by atoms with Gasteiger partial charge in [-0.1, -0.05) is 0 Å². The Labute approximate surface area is 127 Å². The monoisotopic (exact) mass is 329 g/mol. The zero-order valence-corrected chi connectivity index (χ0v) is 12.3. The Balaban J connectivity index is 0.00000220. The van der Waals surface area contributed by atoms with Gasteiger partial charge in [0.05, 0.1) is 5.92 Å². The second kappa shape index (κ2) is 6.83. The molecule has 0 aromatic heterocycles. The van der Waals surface area contributed by atoms with Gasteiger partial charge in [0.1, 0.15) is 6.54 Å². The standard InChI is InChI=1S/C12H18F3N3O2.ClH/c13-12(14,15)7-17-6-8(4-10(17)19)11(20)18-3-1-2-9(18)5-16;/h8-9H,1-7,16H2;1H. The van der Waals surface area contributed by atoms with E-state index >= 15 is 0 Å². The Morgan fingerprint density at radius 1 is 1.38 bits per heavy atom. The van der Waals surface area contributed by atoms with E-state index in [-0.39, 0.29) is 37.3 Å². The van der Waals surface area contributed by atoms with Crippen molar-refractivity contribution >= 4 is 24.2 Å². The van der Waals surface area contributed by atoms with E-state index < -0.39 is 24.5 Å². The first kappa shape index (κ1) is 18.0. The number of hydrogen-bond donors (Lipinski definition) is 1.